The van der Waals surface area contributed by atoms with Crippen LogP contribution in [0.1, 0.15) is 23.7 Å². The second-order valence-electron chi connectivity index (χ2n) is 8.12. The van der Waals surface area contributed by atoms with Gasteiger partial charge in [-0.3, -0.25) is 9.69 Å². The van der Waals surface area contributed by atoms with Crippen LogP contribution in [0.25, 0.3) is 21.5 Å². The van der Waals surface area contributed by atoms with Gasteiger partial charge in [-0.2, -0.15) is 0 Å². The van der Waals surface area contributed by atoms with E-state index in [1.165, 1.54) is 0 Å². The van der Waals surface area contributed by atoms with Gasteiger partial charge in [-0.1, -0.05) is 23.5 Å². The first-order chi connectivity index (χ1) is 15.2. The number of hydrogen-bond acceptors (Lipinski definition) is 8. The number of aryl methyl sites for hydroxylation is 1. The third-order valence-electron chi connectivity index (χ3n) is 6.09. The van der Waals surface area contributed by atoms with Crippen LogP contribution in [-0.2, 0) is 16.0 Å². The average molecular weight is 439 g/mol. The number of morpholine rings is 1. The van der Waals surface area contributed by atoms with E-state index in [1.54, 1.807) is 17.5 Å². The number of piperidine rings is 1. The number of likely N-dealkylation sites (tertiary alicyclic amines) is 1. The van der Waals surface area contributed by atoms with Crippen LogP contribution < -0.4 is 0 Å². The van der Waals surface area contributed by atoms with E-state index in [1.807, 2.05) is 30.0 Å². The highest BCUT2D eigenvalue weighted by Crippen LogP contribution is 2.26. The van der Waals surface area contributed by atoms with E-state index in [2.05, 4.69) is 25.1 Å². The first-order valence-electron chi connectivity index (χ1n) is 10.8. The van der Waals surface area contributed by atoms with Crippen LogP contribution in [0.15, 0.2) is 24.4 Å². The Hall–Kier alpha value is -2.49. The average Bonchev–Trinajstić information content (AvgIpc) is 3.25. The van der Waals surface area contributed by atoms with Gasteiger partial charge in [0.15, 0.2) is 0 Å². The Bertz CT molecular complexity index is 1070. The standard InChI is InChI=1S/C22H26N6O2S/c1-15-25-26-22(31-15)16-2-3-17-14-23-20(24-19(17)12-16)13-21(29)28-6-4-18(5-7-28)27-8-10-30-11-9-27/h2-3,12,14,18H,4-11,13H2,1H3. The van der Waals surface area contributed by atoms with Gasteiger partial charge in [-0.15, -0.1) is 10.2 Å². The summed E-state index contributed by atoms with van der Waals surface area (Å²) in [4.78, 5) is 26.4. The van der Waals surface area contributed by atoms with Gasteiger partial charge < -0.3 is 9.64 Å². The number of nitrogens with zero attached hydrogens (tertiary/aromatic N) is 6. The van der Waals surface area contributed by atoms with Crippen molar-refractivity contribution in [1.29, 1.82) is 0 Å². The van der Waals surface area contributed by atoms with E-state index in [9.17, 15) is 4.79 Å². The zero-order valence-electron chi connectivity index (χ0n) is 17.7. The first-order valence-corrected chi connectivity index (χ1v) is 11.6. The molecule has 162 valence electrons. The van der Waals surface area contributed by atoms with Crippen molar-refractivity contribution in [2.75, 3.05) is 39.4 Å². The first kappa shape index (κ1) is 20.4. The normalized spacial score (nSPS) is 18.5. The fraction of sp³-hybridized carbons (Fsp3) is 0.500. The lowest BCUT2D eigenvalue weighted by Gasteiger charge is -2.40. The molecule has 0 bridgehead atoms. The van der Waals surface area contributed by atoms with Crippen LogP contribution in [0.5, 0.6) is 0 Å². The molecule has 8 nitrogen and oxygen atoms in total. The molecule has 2 saturated heterocycles. The summed E-state index contributed by atoms with van der Waals surface area (Å²) >= 11 is 1.56. The molecule has 2 fully saturated rings. The third-order valence-corrected chi connectivity index (χ3v) is 6.98. The SMILES string of the molecule is Cc1nnc(-c2ccc3cnc(CC(=O)N4CCC(N5CCOCC5)CC4)nc3c2)s1. The molecular weight excluding hydrogens is 412 g/mol. The molecule has 1 amide bonds. The zero-order chi connectivity index (χ0) is 21.2. The number of amides is 1. The molecule has 2 aliphatic heterocycles. The van der Waals surface area contributed by atoms with Gasteiger partial charge in [0.1, 0.15) is 15.8 Å². The maximum Gasteiger partial charge on any atom is 0.230 e. The Balaban J connectivity index is 1.24. The molecule has 31 heavy (non-hydrogen) atoms. The summed E-state index contributed by atoms with van der Waals surface area (Å²) in [5.74, 6) is 0.675. The summed E-state index contributed by atoms with van der Waals surface area (Å²) in [6, 6.07) is 6.56. The minimum Gasteiger partial charge on any atom is -0.379 e. The number of hydrogen-bond donors (Lipinski definition) is 0. The highest BCUT2D eigenvalue weighted by atomic mass is 32.1. The highest BCUT2D eigenvalue weighted by molar-refractivity contribution is 7.14. The molecule has 3 aromatic rings. The second kappa shape index (κ2) is 8.94. The van der Waals surface area contributed by atoms with Crippen LogP contribution in [0.2, 0.25) is 0 Å². The van der Waals surface area contributed by atoms with Crippen LogP contribution in [0, 0.1) is 6.92 Å². The van der Waals surface area contributed by atoms with Crippen molar-refractivity contribution in [2.24, 2.45) is 0 Å². The molecular formula is C22H26N6O2S. The predicted molar refractivity (Wildman–Crippen MR) is 119 cm³/mol. The quantitative estimate of drug-likeness (QED) is 0.618. The number of carbonyl (C=O) groups is 1. The van der Waals surface area contributed by atoms with Crippen LogP contribution in [-0.4, -0.2) is 81.3 Å². The topological polar surface area (TPSA) is 84.3 Å². The number of fused-ring (bicyclic) bond motifs is 1. The lowest BCUT2D eigenvalue weighted by atomic mass is 10.0. The van der Waals surface area contributed by atoms with E-state index >= 15 is 0 Å². The molecule has 0 saturated carbocycles. The smallest absolute Gasteiger partial charge is 0.230 e. The number of carbonyl (C=O) groups excluding carboxylic acids is 1. The molecule has 1 aromatic carbocycles. The summed E-state index contributed by atoms with van der Waals surface area (Å²) in [5.41, 5.74) is 1.81. The number of aromatic nitrogens is 4. The van der Waals surface area contributed by atoms with Crippen molar-refractivity contribution in [2.45, 2.75) is 32.2 Å². The van der Waals surface area contributed by atoms with Gasteiger partial charge in [0.2, 0.25) is 5.91 Å². The Morgan fingerprint density at radius 1 is 1.16 bits per heavy atom. The zero-order valence-corrected chi connectivity index (χ0v) is 18.5. The summed E-state index contributed by atoms with van der Waals surface area (Å²) in [6.07, 6.45) is 4.08. The maximum atomic E-state index is 12.9. The van der Waals surface area contributed by atoms with Crippen LogP contribution in [0.4, 0.5) is 0 Å². The molecule has 2 aliphatic rings. The van der Waals surface area contributed by atoms with Gasteiger partial charge in [0, 0.05) is 49.4 Å². The molecule has 9 heteroatoms. The summed E-state index contributed by atoms with van der Waals surface area (Å²) < 4.78 is 5.45. The van der Waals surface area contributed by atoms with E-state index in [0.29, 0.717) is 11.9 Å². The van der Waals surface area contributed by atoms with Crippen LogP contribution in [0.3, 0.4) is 0 Å². The molecule has 0 atom stereocenters. The molecule has 0 aliphatic carbocycles. The van der Waals surface area contributed by atoms with Gasteiger partial charge in [0.05, 0.1) is 25.2 Å². The predicted octanol–water partition coefficient (Wildman–Crippen LogP) is 2.32. The second-order valence-corrected chi connectivity index (χ2v) is 9.30. The largest absolute Gasteiger partial charge is 0.379 e. The van der Waals surface area contributed by atoms with Crippen molar-refractivity contribution < 1.29 is 9.53 Å². The van der Waals surface area contributed by atoms with E-state index in [4.69, 9.17) is 4.74 Å². The van der Waals surface area contributed by atoms with Crippen molar-refractivity contribution in [3.63, 3.8) is 0 Å². The fourth-order valence-electron chi connectivity index (χ4n) is 4.36. The van der Waals surface area contributed by atoms with Gasteiger partial charge in [-0.25, -0.2) is 9.97 Å². The van der Waals surface area contributed by atoms with Crippen molar-refractivity contribution in [3.05, 3.63) is 35.2 Å². The van der Waals surface area contributed by atoms with Gasteiger partial charge in [-0.05, 0) is 25.8 Å². The number of ether oxygens (including phenoxy) is 1. The molecule has 5 rings (SSSR count). The Kier molecular flexibility index (Phi) is 5.89. The van der Waals surface area contributed by atoms with E-state index in [-0.39, 0.29) is 12.3 Å². The number of rotatable bonds is 4. The van der Waals surface area contributed by atoms with Crippen molar-refractivity contribution in [1.82, 2.24) is 30.0 Å². The molecule has 0 radical (unpaired) electrons. The summed E-state index contributed by atoms with van der Waals surface area (Å²) in [5, 5.41) is 11.1. The lowest BCUT2D eigenvalue weighted by molar-refractivity contribution is -0.132. The summed E-state index contributed by atoms with van der Waals surface area (Å²) in [6.45, 7) is 7.18. The minimum absolute atomic E-state index is 0.107. The third kappa shape index (κ3) is 4.58. The van der Waals surface area contributed by atoms with Gasteiger partial charge >= 0.3 is 0 Å². The fourth-order valence-corrected chi connectivity index (χ4v) is 5.05. The van der Waals surface area contributed by atoms with Crippen LogP contribution >= 0.6 is 11.3 Å². The van der Waals surface area contributed by atoms with Crippen molar-refractivity contribution in [3.8, 4) is 10.6 Å². The van der Waals surface area contributed by atoms with Gasteiger partial charge in [0.25, 0.3) is 0 Å². The molecule has 0 N–H and O–H groups in total. The van der Waals surface area contributed by atoms with E-state index < -0.39 is 0 Å². The molecule has 2 aromatic heterocycles. The Labute approximate surface area is 185 Å². The maximum absolute atomic E-state index is 12.9. The lowest BCUT2D eigenvalue weighted by Crippen LogP contribution is -2.50. The highest BCUT2D eigenvalue weighted by Gasteiger charge is 2.28. The molecule has 0 spiro atoms. The summed E-state index contributed by atoms with van der Waals surface area (Å²) in [7, 11) is 0. The number of benzene rings is 1. The molecule has 0 unspecified atom stereocenters. The van der Waals surface area contributed by atoms with E-state index in [0.717, 1.165) is 78.7 Å². The van der Waals surface area contributed by atoms with Crippen molar-refractivity contribution >= 4 is 28.1 Å². The molecule has 4 heterocycles. The minimum atomic E-state index is 0.107. The Morgan fingerprint density at radius 2 is 1.97 bits per heavy atom. The Morgan fingerprint density at radius 3 is 2.71 bits per heavy atom. The monoisotopic (exact) mass is 438 g/mol.